The molecule has 3 rings (SSSR count). The summed E-state index contributed by atoms with van der Waals surface area (Å²) in [6.45, 7) is 3.08. The van der Waals surface area contributed by atoms with Gasteiger partial charge in [-0.2, -0.15) is 0 Å². The van der Waals surface area contributed by atoms with E-state index in [0.29, 0.717) is 12.1 Å². The molecule has 2 fully saturated rings. The number of piperidine rings is 1. The Bertz CT molecular complexity index is 740. The van der Waals surface area contributed by atoms with Crippen LogP contribution >= 0.6 is 0 Å². The number of aliphatic hydroxyl groups excluding tert-OH is 3. The zero-order valence-corrected chi connectivity index (χ0v) is 17.8. The molecule has 2 heterocycles. The van der Waals surface area contributed by atoms with E-state index >= 15 is 0 Å². The first-order chi connectivity index (χ1) is 15.2. The third-order valence-electron chi connectivity index (χ3n) is 5.94. The van der Waals surface area contributed by atoms with Gasteiger partial charge in [-0.1, -0.05) is 37.3 Å². The van der Waals surface area contributed by atoms with E-state index in [9.17, 15) is 29.7 Å². The number of hydrogen-bond acceptors (Lipinski definition) is 10. The predicted octanol–water partition coefficient (Wildman–Crippen LogP) is -2.47. The number of hydrogen-bond donors (Lipinski definition) is 3. The Hall–Kier alpha value is -2.53. The fourth-order valence-corrected chi connectivity index (χ4v) is 4.34. The second-order valence-electron chi connectivity index (χ2n) is 7.92. The Morgan fingerprint density at radius 1 is 1.03 bits per heavy atom. The highest BCUT2D eigenvalue weighted by atomic mass is 16.5. The van der Waals surface area contributed by atoms with Gasteiger partial charge >= 0.3 is 5.97 Å². The van der Waals surface area contributed by atoms with Gasteiger partial charge in [0.05, 0.1) is 18.5 Å². The first-order valence-corrected chi connectivity index (χ1v) is 10.6. The van der Waals surface area contributed by atoms with Crippen molar-refractivity contribution < 1.29 is 44.7 Å². The zero-order valence-electron chi connectivity index (χ0n) is 17.8. The number of carboxylic acids is 2. The molecule has 10 nitrogen and oxygen atoms in total. The number of carbonyl (C=O) groups excluding carboxylic acids is 3. The van der Waals surface area contributed by atoms with E-state index in [-0.39, 0.29) is 18.7 Å². The molecule has 0 spiro atoms. The van der Waals surface area contributed by atoms with Crippen molar-refractivity contribution in [2.24, 2.45) is 0 Å². The van der Waals surface area contributed by atoms with E-state index in [1.807, 2.05) is 30.3 Å². The molecule has 0 amide bonds. The molecule has 2 aliphatic rings. The number of fused-ring (bicyclic) bond motifs is 2. The van der Waals surface area contributed by atoms with Crippen LogP contribution < -0.4 is 10.2 Å². The molecule has 32 heavy (non-hydrogen) atoms. The van der Waals surface area contributed by atoms with Crippen LogP contribution in [0.4, 0.5) is 0 Å². The maximum absolute atomic E-state index is 12.4. The standard InChI is InChI=1S/C18H25NO3.C4H6O6/c1-2-19-14-8-9-15(19)11-16(10-14)22-18(21)17(12-20)13-6-4-3-5-7-13;5-1(3(7)8)2(6)4(9)10/h3-7,14-17,20H,2,8-12H2,1H3;1-2,5-6H,(H,7,8)(H,9,10)/p-2. The number of rotatable bonds is 8. The van der Waals surface area contributed by atoms with Gasteiger partial charge in [0.25, 0.3) is 0 Å². The number of ether oxygens (including phenoxy) is 1. The SMILES string of the molecule is CCN1C2CCC1CC(OC(=O)C(CO)c1ccccc1)C2.O=C([O-])C(O)C(O)C(=O)[O-]. The van der Waals surface area contributed by atoms with E-state index in [0.717, 1.165) is 24.9 Å². The van der Waals surface area contributed by atoms with Crippen LogP contribution in [-0.2, 0) is 19.1 Å². The first-order valence-electron chi connectivity index (χ1n) is 10.6. The van der Waals surface area contributed by atoms with Crippen molar-refractivity contribution in [3.05, 3.63) is 35.9 Å². The van der Waals surface area contributed by atoms with Crippen LogP contribution in [0.15, 0.2) is 30.3 Å². The number of aliphatic carboxylic acids is 2. The van der Waals surface area contributed by atoms with E-state index in [2.05, 4.69) is 11.8 Å². The summed E-state index contributed by atoms with van der Waals surface area (Å²) in [4.78, 5) is 34.2. The molecular formula is C22H29NO9-2. The third-order valence-corrected chi connectivity index (χ3v) is 5.94. The molecule has 0 radical (unpaired) electrons. The van der Waals surface area contributed by atoms with Crippen molar-refractivity contribution in [2.75, 3.05) is 13.2 Å². The summed E-state index contributed by atoms with van der Waals surface area (Å²) >= 11 is 0. The minimum atomic E-state index is -2.44. The summed E-state index contributed by atoms with van der Waals surface area (Å²) in [5.41, 5.74) is 0.823. The minimum absolute atomic E-state index is 0.00515. The van der Waals surface area contributed by atoms with Gasteiger partial charge in [0, 0.05) is 24.9 Å². The van der Waals surface area contributed by atoms with Crippen molar-refractivity contribution in [1.82, 2.24) is 4.90 Å². The number of carbonyl (C=O) groups is 3. The molecule has 2 aliphatic heterocycles. The summed E-state index contributed by atoms with van der Waals surface area (Å²) in [5, 5.41) is 45.3. The smallest absolute Gasteiger partial charge is 0.316 e. The number of nitrogens with zero attached hydrogens (tertiary/aromatic N) is 1. The van der Waals surface area contributed by atoms with Gasteiger partial charge in [0.1, 0.15) is 24.2 Å². The number of carboxylic acid groups (broad SMARTS) is 2. The summed E-state index contributed by atoms with van der Waals surface area (Å²) < 4.78 is 5.75. The second-order valence-corrected chi connectivity index (χ2v) is 7.92. The van der Waals surface area contributed by atoms with Crippen LogP contribution in [0.25, 0.3) is 0 Å². The molecule has 5 unspecified atom stereocenters. The molecule has 3 N–H and O–H groups in total. The fourth-order valence-electron chi connectivity index (χ4n) is 4.34. The van der Waals surface area contributed by atoms with Crippen LogP contribution in [0.3, 0.4) is 0 Å². The second kappa shape index (κ2) is 11.9. The van der Waals surface area contributed by atoms with Crippen LogP contribution in [0, 0.1) is 0 Å². The molecule has 5 atom stereocenters. The molecule has 2 saturated heterocycles. The van der Waals surface area contributed by atoms with Crippen molar-refractivity contribution in [1.29, 1.82) is 0 Å². The van der Waals surface area contributed by atoms with Crippen LogP contribution in [0.5, 0.6) is 0 Å². The van der Waals surface area contributed by atoms with Gasteiger partial charge in [-0.25, -0.2) is 0 Å². The number of benzene rings is 1. The topological polar surface area (TPSA) is 170 Å². The molecule has 1 aromatic carbocycles. The Morgan fingerprint density at radius 2 is 1.53 bits per heavy atom. The Labute approximate surface area is 186 Å². The van der Waals surface area contributed by atoms with E-state index in [1.54, 1.807) is 0 Å². The fraction of sp³-hybridized carbons (Fsp3) is 0.591. The Balaban J connectivity index is 0.000000309. The molecule has 1 aromatic rings. The van der Waals surface area contributed by atoms with E-state index < -0.39 is 30.1 Å². The molecular weight excluding hydrogens is 422 g/mol. The van der Waals surface area contributed by atoms with Gasteiger partial charge in [-0.15, -0.1) is 0 Å². The van der Waals surface area contributed by atoms with Gasteiger partial charge in [-0.05, 0) is 24.9 Å². The van der Waals surface area contributed by atoms with Gasteiger partial charge in [0.2, 0.25) is 0 Å². The van der Waals surface area contributed by atoms with Crippen LogP contribution in [0.1, 0.15) is 44.1 Å². The average Bonchev–Trinajstić information content (AvgIpc) is 3.03. The summed E-state index contributed by atoms with van der Waals surface area (Å²) in [6, 6.07) is 10.5. The number of esters is 1. The van der Waals surface area contributed by atoms with Crippen molar-refractivity contribution >= 4 is 17.9 Å². The maximum atomic E-state index is 12.4. The molecule has 0 aromatic heterocycles. The van der Waals surface area contributed by atoms with Crippen LogP contribution in [-0.4, -0.2) is 81.7 Å². The molecule has 178 valence electrons. The van der Waals surface area contributed by atoms with Crippen molar-refractivity contribution in [3.63, 3.8) is 0 Å². The van der Waals surface area contributed by atoms with Crippen molar-refractivity contribution in [2.45, 2.75) is 68.9 Å². The predicted molar refractivity (Wildman–Crippen MR) is 107 cm³/mol. The summed E-state index contributed by atoms with van der Waals surface area (Å²) in [7, 11) is 0. The lowest BCUT2D eigenvalue weighted by Gasteiger charge is -2.38. The maximum Gasteiger partial charge on any atom is 0.316 e. The highest BCUT2D eigenvalue weighted by Crippen LogP contribution is 2.37. The van der Waals surface area contributed by atoms with Gasteiger partial charge in [-0.3, -0.25) is 9.69 Å². The molecule has 0 saturated carbocycles. The van der Waals surface area contributed by atoms with Gasteiger partial charge < -0.3 is 39.9 Å². The quantitative estimate of drug-likeness (QED) is 0.360. The number of aliphatic hydroxyl groups is 3. The van der Waals surface area contributed by atoms with Gasteiger partial charge in [0.15, 0.2) is 0 Å². The van der Waals surface area contributed by atoms with Crippen LogP contribution in [0.2, 0.25) is 0 Å². The van der Waals surface area contributed by atoms with E-state index in [1.165, 1.54) is 12.8 Å². The molecule has 2 bridgehead atoms. The molecule has 0 aliphatic carbocycles. The minimum Gasteiger partial charge on any atom is -0.547 e. The Kier molecular flexibility index (Phi) is 9.58. The lowest BCUT2D eigenvalue weighted by Crippen LogP contribution is -2.51. The zero-order chi connectivity index (χ0) is 23.8. The van der Waals surface area contributed by atoms with Crippen molar-refractivity contribution in [3.8, 4) is 0 Å². The third kappa shape index (κ3) is 6.49. The largest absolute Gasteiger partial charge is 0.547 e. The normalized spacial score (nSPS) is 25.1. The van der Waals surface area contributed by atoms with E-state index in [4.69, 9.17) is 14.9 Å². The summed E-state index contributed by atoms with van der Waals surface area (Å²) in [6.07, 6.45) is -0.574. The summed E-state index contributed by atoms with van der Waals surface area (Å²) in [5.74, 6) is -4.97. The monoisotopic (exact) mass is 451 g/mol. The molecule has 10 heteroatoms. The first kappa shape index (κ1) is 25.7. The highest BCUT2D eigenvalue weighted by Gasteiger charge is 2.41. The lowest BCUT2D eigenvalue weighted by atomic mass is 9.98. The average molecular weight is 451 g/mol. The lowest BCUT2D eigenvalue weighted by molar-refractivity contribution is -0.333. The highest BCUT2D eigenvalue weighted by molar-refractivity contribution is 5.81. The Morgan fingerprint density at radius 3 is 1.94 bits per heavy atom.